The summed E-state index contributed by atoms with van der Waals surface area (Å²) in [4.78, 5) is 26.0. The number of carbonyl (C=O) groups excluding carboxylic acids is 2. The van der Waals surface area contributed by atoms with Gasteiger partial charge in [-0.3, -0.25) is 9.59 Å². The molecule has 5 nitrogen and oxygen atoms in total. The van der Waals surface area contributed by atoms with E-state index in [-0.39, 0.29) is 23.0 Å². The molecule has 1 aromatic carbocycles. The highest BCUT2D eigenvalue weighted by molar-refractivity contribution is 8.00. The molecular formula is C26H42O5S. The molecule has 0 spiro atoms. The van der Waals surface area contributed by atoms with Crippen LogP contribution in [0.3, 0.4) is 0 Å². The number of carbonyl (C=O) groups is 2. The molecule has 0 radical (unpaired) electrons. The van der Waals surface area contributed by atoms with Crippen LogP contribution in [0.25, 0.3) is 0 Å². The Hall–Kier alpha value is -1.69. The van der Waals surface area contributed by atoms with Crippen LogP contribution in [-0.4, -0.2) is 35.5 Å². The molecule has 0 aliphatic rings. The second-order valence-corrected chi connectivity index (χ2v) is 11.5. The Bertz CT molecular complexity index is 723. The standard InChI is InChI=1S/C26H42O5S/c1-9-11-13-30-22(27)17-21(24(29)31-14-12-10-2)32-18-15-19(25(3,4)5)23(28)20(16-18)26(6,7)8/h15-16,21,28H,9-14,17H2,1-8H3. The maximum absolute atomic E-state index is 12.8. The molecule has 1 atom stereocenters. The fourth-order valence-electron chi connectivity index (χ4n) is 3.11. The molecule has 0 aromatic heterocycles. The van der Waals surface area contributed by atoms with Crippen molar-refractivity contribution in [2.45, 2.75) is 108 Å². The highest BCUT2D eigenvalue weighted by atomic mass is 32.2. The van der Waals surface area contributed by atoms with E-state index in [1.165, 1.54) is 11.8 Å². The van der Waals surface area contributed by atoms with Crippen LogP contribution in [0.15, 0.2) is 17.0 Å². The summed E-state index contributed by atoms with van der Waals surface area (Å²) >= 11 is 1.31. The van der Waals surface area contributed by atoms with Crippen molar-refractivity contribution in [2.75, 3.05) is 13.2 Å². The summed E-state index contributed by atoms with van der Waals surface area (Å²) in [7, 11) is 0. The minimum Gasteiger partial charge on any atom is -0.507 e. The number of hydrogen-bond acceptors (Lipinski definition) is 6. The molecule has 0 bridgehead atoms. The second kappa shape index (κ2) is 12.5. The topological polar surface area (TPSA) is 72.8 Å². The Morgan fingerprint density at radius 3 is 1.81 bits per heavy atom. The van der Waals surface area contributed by atoms with E-state index < -0.39 is 17.2 Å². The highest BCUT2D eigenvalue weighted by Gasteiger charge is 2.30. The van der Waals surface area contributed by atoms with Crippen LogP contribution in [-0.2, 0) is 29.9 Å². The Labute approximate surface area is 198 Å². The number of aromatic hydroxyl groups is 1. The lowest BCUT2D eigenvalue weighted by Gasteiger charge is -2.28. The summed E-state index contributed by atoms with van der Waals surface area (Å²) in [5.74, 6) is -0.511. The molecule has 0 saturated carbocycles. The highest BCUT2D eigenvalue weighted by Crippen LogP contribution is 2.42. The molecule has 182 valence electrons. The zero-order chi connectivity index (χ0) is 24.5. The number of phenols is 1. The molecule has 0 aliphatic heterocycles. The van der Waals surface area contributed by atoms with E-state index in [9.17, 15) is 14.7 Å². The minimum absolute atomic E-state index is 0.0457. The maximum Gasteiger partial charge on any atom is 0.320 e. The van der Waals surface area contributed by atoms with Gasteiger partial charge < -0.3 is 14.6 Å². The predicted molar refractivity (Wildman–Crippen MR) is 132 cm³/mol. The van der Waals surface area contributed by atoms with Gasteiger partial charge in [-0.1, -0.05) is 68.2 Å². The van der Waals surface area contributed by atoms with Crippen molar-refractivity contribution in [3.8, 4) is 5.75 Å². The quantitative estimate of drug-likeness (QED) is 0.227. The van der Waals surface area contributed by atoms with Gasteiger partial charge in [-0.2, -0.15) is 0 Å². The van der Waals surface area contributed by atoms with Gasteiger partial charge in [0, 0.05) is 16.0 Å². The number of phenolic OH excluding ortho intramolecular Hbond substituents is 1. The third-order valence-electron chi connectivity index (χ3n) is 5.10. The van der Waals surface area contributed by atoms with E-state index in [4.69, 9.17) is 9.47 Å². The van der Waals surface area contributed by atoms with Gasteiger partial charge in [0.25, 0.3) is 0 Å². The fraction of sp³-hybridized carbons (Fsp3) is 0.692. The lowest BCUT2D eigenvalue weighted by Crippen LogP contribution is -2.25. The molecule has 0 aliphatic carbocycles. The SMILES string of the molecule is CCCCOC(=O)CC(Sc1cc(C(C)(C)C)c(O)c(C(C)(C)C)c1)C(=O)OCCCC. The Morgan fingerprint density at radius 1 is 0.906 bits per heavy atom. The van der Waals surface area contributed by atoms with Crippen LogP contribution in [0.1, 0.15) is 98.6 Å². The normalized spacial score (nSPS) is 13.0. The molecule has 1 N–H and O–H groups in total. The van der Waals surface area contributed by atoms with Crippen molar-refractivity contribution in [3.63, 3.8) is 0 Å². The van der Waals surface area contributed by atoms with Crippen molar-refractivity contribution in [1.29, 1.82) is 0 Å². The van der Waals surface area contributed by atoms with Crippen molar-refractivity contribution in [1.82, 2.24) is 0 Å². The molecule has 0 saturated heterocycles. The summed E-state index contributed by atoms with van der Waals surface area (Å²) in [5.41, 5.74) is 1.07. The summed E-state index contributed by atoms with van der Waals surface area (Å²) in [6.45, 7) is 17.0. The third kappa shape index (κ3) is 9.05. The largest absolute Gasteiger partial charge is 0.507 e. The second-order valence-electron chi connectivity index (χ2n) is 10.3. The molecule has 0 heterocycles. The van der Waals surface area contributed by atoms with Gasteiger partial charge in [-0.15, -0.1) is 11.8 Å². The van der Waals surface area contributed by atoms with Crippen LogP contribution >= 0.6 is 11.8 Å². The van der Waals surface area contributed by atoms with Gasteiger partial charge in [0.05, 0.1) is 19.6 Å². The van der Waals surface area contributed by atoms with Crippen LogP contribution < -0.4 is 0 Å². The number of rotatable bonds is 11. The first-order valence-electron chi connectivity index (χ1n) is 11.7. The smallest absolute Gasteiger partial charge is 0.320 e. The van der Waals surface area contributed by atoms with Crippen LogP contribution in [0, 0.1) is 0 Å². The van der Waals surface area contributed by atoms with Gasteiger partial charge in [0.15, 0.2) is 0 Å². The molecule has 6 heteroatoms. The van der Waals surface area contributed by atoms with E-state index in [1.54, 1.807) is 0 Å². The molecule has 0 amide bonds. The van der Waals surface area contributed by atoms with Crippen LogP contribution in [0.4, 0.5) is 0 Å². The van der Waals surface area contributed by atoms with Gasteiger partial charge in [-0.25, -0.2) is 0 Å². The number of esters is 2. The number of benzene rings is 1. The number of ether oxygens (including phenoxy) is 2. The fourth-order valence-corrected chi connectivity index (χ4v) is 4.19. The maximum atomic E-state index is 12.8. The first-order valence-corrected chi connectivity index (χ1v) is 12.6. The number of hydrogen-bond donors (Lipinski definition) is 1. The first-order chi connectivity index (χ1) is 14.8. The zero-order valence-electron chi connectivity index (χ0n) is 21.2. The van der Waals surface area contributed by atoms with Gasteiger partial charge >= 0.3 is 11.9 Å². The molecule has 0 fully saturated rings. The zero-order valence-corrected chi connectivity index (χ0v) is 22.0. The molecule has 1 unspecified atom stereocenters. The van der Waals surface area contributed by atoms with Crippen molar-refractivity contribution in [2.24, 2.45) is 0 Å². The minimum atomic E-state index is -0.703. The lowest BCUT2D eigenvalue weighted by molar-refractivity contribution is -0.149. The average Bonchev–Trinajstić information content (AvgIpc) is 2.67. The van der Waals surface area contributed by atoms with Crippen LogP contribution in [0.2, 0.25) is 0 Å². The Kier molecular flexibility index (Phi) is 11.1. The van der Waals surface area contributed by atoms with Gasteiger partial charge in [0.1, 0.15) is 11.0 Å². The number of thioether (sulfide) groups is 1. The van der Waals surface area contributed by atoms with E-state index in [0.29, 0.717) is 13.2 Å². The molecule has 1 rings (SSSR count). The first kappa shape index (κ1) is 28.3. The van der Waals surface area contributed by atoms with Crippen molar-refractivity contribution < 1.29 is 24.2 Å². The predicted octanol–water partition coefficient (Wildman–Crippen LogP) is 6.52. The molecular weight excluding hydrogens is 424 g/mol. The van der Waals surface area contributed by atoms with E-state index in [1.807, 2.05) is 67.5 Å². The van der Waals surface area contributed by atoms with Gasteiger partial charge in [0.2, 0.25) is 0 Å². The van der Waals surface area contributed by atoms with E-state index in [0.717, 1.165) is 41.7 Å². The average molecular weight is 467 g/mol. The lowest BCUT2D eigenvalue weighted by atomic mass is 9.79. The van der Waals surface area contributed by atoms with Crippen molar-refractivity contribution >= 4 is 23.7 Å². The van der Waals surface area contributed by atoms with E-state index in [2.05, 4.69) is 0 Å². The van der Waals surface area contributed by atoms with Crippen LogP contribution in [0.5, 0.6) is 5.75 Å². The number of unbranched alkanes of at least 4 members (excludes halogenated alkanes) is 2. The monoisotopic (exact) mass is 466 g/mol. The summed E-state index contributed by atoms with van der Waals surface area (Å²) < 4.78 is 10.7. The molecule has 32 heavy (non-hydrogen) atoms. The molecule has 1 aromatic rings. The Morgan fingerprint density at radius 2 is 1.38 bits per heavy atom. The van der Waals surface area contributed by atoms with E-state index >= 15 is 0 Å². The summed E-state index contributed by atoms with van der Waals surface area (Å²) in [5, 5.41) is 10.3. The van der Waals surface area contributed by atoms with Gasteiger partial charge in [-0.05, 0) is 35.8 Å². The third-order valence-corrected chi connectivity index (χ3v) is 6.25. The Balaban J connectivity index is 3.25. The van der Waals surface area contributed by atoms with Crippen molar-refractivity contribution in [3.05, 3.63) is 23.3 Å². The summed E-state index contributed by atoms with van der Waals surface area (Å²) in [6, 6.07) is 3.84. The summed E-state index contributed by atoms with van der Waals surface area (Å²) in [6.07, 6.45) is 3.39.